The van der Waals surface area contributed by atoms with E-state index in [-0.39, 0.29) is 5.41 Å². The van der Waals surface area contributed by atoms with Gasteiger partial charge in [-0.1, -0.05) is 27.7 Å². The van der Waals surface area contributed by atoms with Crippen molar-refractivity contribution < 1.29 is 15.0 Å². The summed E-state index contributed by atoms with van der Waals surface area (Å²) in [5, 5.41) is 19.0. The fourth-order valence-electron chi connectivity index (χ4n) is 2.70. The maximum atomic E-state index is 11.0. The van der Waals surface area contributed by atoms with Gasteiger partial charge in [-0.25, -0.2) is 4.79 Å². The SMILES string of the molecule is CC1(C)CC(C)(C)C(O)(C(=O)O)C1. The van der Waals surface area contributed by atoms with Crippen LogP contribution in [-0.4, -0.2) is 21.8 Å². The molecule has 0 spiro atoms. The Morgan fingerprint density at radius 1 is 1.15 bits per heavy atom. The Morgan fingerprint density at radius 3 is 1.77 bits per heavy atom. The average molecular weight is 186 g/mol. The number of rotatable bonds is 1. The van der Waals surface area contributed by atoms with Gasteiger partial charge in [0.25, 0.3) is 0 Å². The Hall–Kier alpha value is -0.570. The highest BCUT2D eigenvalue weighted by molar-refractivity contribution is 5.79. The molecule has 76 valence electrons. The van der Waals surface area contributed by atoms with E-state index in [0.29, 0.717) is 6.42 Å². The van der Waals surface area contributed by atoms with Gasteiger partial charge in [-0.15, -0.1) is 0 Å². The fraction of sp³-hybridized carbons (Fsp3) is 0.900. The molecule has 0 aliphatic heterocycles. The van der Waals surface area contributed by atoms with Crippen LogP contribution in [0.3, 0.4) is 0 Å². The van der Waals surface area contributed by atoms with Gasteiger partial charge in [0.2, 0.25) is 0 Å². The molecule has 1 fully saturated rings. The summed E-state index contributed by atoms with van der Waals surface area (Å²) >= 11 is 0. The molecule has 1 unspecified atom stereocenters. The third kappa shape index (κ3) is 1.46. The first-order valence-electron chi connectivity index (χ1n) is 4.57. The third-order valence-electron chi connectivity index (χ3n) is 3.13. The van der Waals surface area contributed by atoms with E-state index in [1.165, 1.54) is 0 Å². The van der Waals surface area contributed by atoms with E-state index in [2.05, 4.69) is 0 Å². The Labute approximate surface area is 78.8 Å². The number of carboxylic acids is 1. The highest BCUT2D eigenvalue weighted by Crippen LogP contribution is 2.54. The molecule has 0 bridgehead atoms. The summed E-state index contributed by atoms with van der Waals surface area (Å²) in [6, 6.07) is 0. The first kappa shape index (κ1) is 10.5. The molecule has 0 aromatic rings. The molecule has 1 saturated carbocycles. The van der Waals surface area contributed by atoms with Gasteiger partial charge in [-0.3, -0.25) is 0 Å². The van der Waals surface area contributed by atoms with E-state index >= 15 is 0 Å². The monoisotopic (exact) mass is 186 g/mol. The second-order valence-electron chi connectivity index (χ2n) is 5.57. The highest BCUT2D eigenvalue weighted by Gasteiger charge is 2.59. The van der Waals surface area contributed by atoms with E-state index in [4.69, 9.17) is 5.11 Å². The third-order valence-corrected chi connectivity index (χ3v) is 3.13. The van der Waals surface area contributed by atoms with E-state index < -0.39 is 17.0 Å². The van der Waals surface area contributed by atoms with Crippen molar-refractivity contribution in [1.29, 1.82) is 0 Å². The van der Waals surface area contributed by atoms with Gasteiger partial charge < -0.3 is 10.2 Å². The maximum Gasteiger partial charge on any atom is 0.336 e. The zero-order valence-corrected chi connectivity index (χ0v) is 8.72. The standard InChI is InChI=1S/C10H18O3/c1-8(2)5-9(3,4)10(13,6-8)7(11)12/h13H,5-6H2,1-4H3,(H,11,12). The molecule has 3 heteroatoms. The molecule has 1 aliphatic carbocycles. The molecular weight excluding hydrogens is 168 g/mol. The van der Waals surface area contributed by atoms with Crippen LogP contribution in [0, 0.1) is 10.8 Å². The zero-order chi connectivity index (χ0) is 10.5. The first-order chi connectivity index (χ1) is 5.61. The molecule has 0 saturated heterocycles. The van der Waals surface area contributed by atoms with Crippen LogP contribution in [0.15, 0.2) is 0 Å². The van der Waals surface area contributed by atoms with Gasteiger partial charge in [0.1, 0.15) is 0 Å². The number of carboxylic acid groups (broad SMARTS) is 1. The van der Waals surface area contributed by atoms with Gasteiger partial charge in [0, 0.05) is 5.41 Å². The quantitative estimate of drug-likeness (QED) is 0.654. The lowest BCUT2D eigenvalue weighted by Gasteiger charge is -2.32. The van der Waals surface area contributed by atoms with Crippen molar-refractivity contribution in [3.63, 3.8) is 0 Å². The van der Waals surface area contributed by atoms with Crippen molar-refractivity contribution in [1.82, 2.24) is 0 Å². The van der Waals surface area contributed by atoms with Gasteiger partial charge in [-0.2, -0.15) is 0 Å². The largest absolute Gasteiger partial charge is 0.479 e. The molecule has 1 atom stereocenters. The Morgan fingerprint density at radius 2 is 1.62 bits per heavy atom. The Balaban J connectivity index is 3.07. The summed E-state index contributed by atoms with van der Waals surface area (Å²) in [7, 11) is 0. The number of hydrogen-bond donors (Lipinski definition) is 2. The molecule has 13 heavy (non-hydrogen) atoms. The summed E-state index contributed by atoms with van der Waals surface area (Å²) in [5.41, 5.74) is -2.19. The lowest BCUT2D eigenvalue weighted by molar-refractivity contribution is -0.168. The second kappa shape index (κ2) is 2.47. The van der Waals surface area contributed by atoms with Crippen LogP contribution in [0.25, 0.3) is 0 Å². The molecule has 0 amide bonds. The van der Waals surface area contributed by atoms with Crippen LogP contribution >= 0.6 is 0 Å². The van der Waals surface area contributed by atoms with Crippen LogP contribution < -0.4 is 0 Å². The molecule has 0 aromatic heterocycles. The summed E-state index contributed by atoms with van der Waals surface area (Å²) in [6.45, 7) is 7.62. The molecule has 3 nitrogen and oxygen atoms in total. The lowest BCUT2D eigenvalue weighted by Crippen LogP contribution is -2.47. The van der Waals surface area contributed by atoms with Gasteiger partial charge in [-0.05, 0) is 18.3 Å². The normalized spacial score (nSPS) is 36.1. The van der Waals surface area contributed by atoms with Crippen LogP contribution in [0.5, 0.6) is 0 Å². The minimum atomic E-state index is -1.56. The minimum absolute atomic E-state index is 0.0867. The number of carbonyl (C=O) groups is 1. The number of aliphatic carboxylic acids is 1. The Bertz CT molecular complexity index is 243. The highest BCUT2D eigenvalue weighted by atomic mass is 16.4. The van der Waals surface area contributed by atoms with Crippen molar-refractivity contribution in [2.75, 3.05) is 0 Å². The van der Waals surface area contributed by atoms with Crippen LogP contribution in [0.2, 0.25) is 0 Å². The van der Waals surface area contributed by atoms with Crippen LogP contribution in [0.4, 0.5) is 0 Å². The van der Waals surface area contributed by atoms with Crippen molar-refractivity contribution >= 4 is 5.97 Å². The van der Waals surface area contributed by atoms with Crippen LogP contribution in [-0.2, 0) is 4.79 Å². The molecule has 1 rings (SSSR count). The first-order valence-corrected chi connectivity index (χ1v) is 4.57. The maximum absolute atomic E-state index is 11.0. The van der Waals surface area contributed by atoms with Crippen molar-refractivity contribution in [3.05, 3.63) is 0 Å². The van der Waals surface area contributed by atoms with E-state index in [1.54, 1.807) is 0 Å². The van der Waals surface area contributed by atoms with E-state index in [9.17, 15) is 9.90 Å². The molecule has 0 heterocycles. The smallest absolute Gasteiger partial charge is 0.336 e. The summed E-state index contributed by atoms with van der Waals surface area (Å²) in [6.07, 6.45) is 1.07. The average Bonchev–Trinajstić information content (AvgIpc) is 1.97. The van der Waals surface area contributed by atoms with E-state index in [0.717, 1.165) is 6.42 Å². The summed E-state index contributed by atoms with van der Waals surface area (Å²) in [5.74, 6) is -1.09. The molecule has 0 radical (unpaired) electrons. The predicted octanol–water partition coefficient (Wildman–Crippen LogP) is 1.65. The Kier molecular flexibility index (Phi) is 2.00. The number of hydrogen-bond acceptors (Lipinski definition) is 2. The summed E-state index contributed by atoms with van der Waals surface area (Å²) < 4.78 is 0. The molecule has 2 N–H and O–H groups in total. The molecule has 0 aromatic carbocycles. The zero-order valence-electron chi connectivity index (χ0n) is 8.72. The molecule has 1 aliphatic rings. The molecular formula is C10H18O3. The second-order valence-corrected chi connectivity index (χ2v) is 5.57. The minimum Gasteiger partial charge on any atom is -0.479 e. The van der Waals surface area contributed by atoms with Crippen LogP contribution in [0.1, 0.15) is 40.5 Å². The van der Waals surface area contributed by atoms with Gasteiger partial charge >= 0.3 is 5.97 Å². The summed E-state index contributed by atoms with van der Waals surface area (Å²) in [4.78, 5) is 11.0. The topological polar surface area (TPSA) is 57.5 Å². The van der Waals surface area contributed by atoms with E-state index in [1.807, 2.05) is 27.7 Å². The lowest BCUT2D eigenvalue weighted by atomic mass is 9.78. The van der Waals surface area contributed by atoms with Gasteiger partial charge in [0.05, 0.1) is 0 Å². The van der Waals surface area contributed by atoms with Crippen molar-refractivity contribution in [2.24, 2.45) is 10.8 Å². The van der Waals surface area contributed by atoms with Crippen molar-refractivity contribution in [2.45, 2.75) is 46.1 Å². The fourth-order valence-corrected chi connectivity index (χ4v) is 2.70. The van der Waals surface area contributed by atoms with Gasteiger partial charge in [0.15, 0.2) is 5.60 Å². The predicted molar refractivity (Wildman–Crippen MR) is 49.4 cm³/mol. The number of aliphatic hydroxyl groups is 1. The van der Waals surface area contributed by atoms with Crippen molar-refractivity contribution in [3.8, 4) is 0 Å².